The fraction of sp³-hybridized carbons (Fsp3) is 0.0500. The first-order chi connectivity index (χ1) is 14.5. The third kappa shape index (κ3) is 2.05. The van der Waals surface area contributed by atoms with Crippen LogP contribution < -0.4 is 15.8 Å². The molecule has 1 spiro atoms. The fourth-order valence-corrected chi connectivity index (χ4v) is 4.06. The normalized spacial score (nSPS) is 19.0. The number of rotatable bonds is 2. The smallest absolute Gasteiger partial charge is 0.269 e. The molecule has 2 aliphatic rings. The number of carbonyl (C=O) groups is 1. The lowest BCUT2D eigenvalue weighted by molar-refractivity contribution is -0.384. The first kappa shape index (κ1) is 17.4. The summed E-state index contributed by atoms with van der Waals surface area (Å²) >= 11 is 0. The fourth-order valence-electron chi connectivity index (χ4n) is 4.06. The maximum absolute atomic E-state index is 13.4. The zero-order valence-corrected chi connectivity index (χ0v) is 15.2. The molecule has 2 aliphatic heterocycles. The van der Waals surface area contributed by atoms with Gasteiger partial charge in [-0.25, -0.2) is 0 Å². The van der Waals surface area contributed by atoms with Crippen LogP contribution in [0.3, 0.4) is 0 Å². The number of nitrogens with one attached hydrogen (secondary N) is 2. The number of nitro groups is 1. The van der Waals surface area contributed by atoms with Crippen LogP contribution in [0.2, 0.25) is 0 Å². The monoisotopic (exact) mass is 400 g/mol. The van der Waals surface area contributed by atoms with Crippen LogP contribution in [0.5, 0.6) is 5.88 Å². The van der Waals surface area contributed by atoms with E-state index in [0.29, 0.717) is 28.1 Å². The van der Waals surface area contributed by atoms with Gasteiger partial charge in [0.15, 0.2) is 0 Å². The number of benzene rings is 2. The number of fused-ring (bicyclic) bond motifs is 4. The minimum atomic E-state index is -1.56. The van der Waals surface area contributed by atoms with Crippen LogP contribution in [0.1, 0.15) is 11.1 Å². The highest BCUT2D eigenvalue weighted by molar-refractivity contribution is 6.13. The van der Waals surface area contributed by atoms with E-state index >= 15 is 0 Å². The van der Waals surface area contributed by atoms with Gasteiger partial charge in [0, 0.05) is 28.9 Å². The number of aromatic nitrogens is 2. The van der Waals surface area contributed by atoms with Crippen molar-refractivity contribution >= 4 is 17.3 Å². The van der Waals surface area contributed by atoms with Gasteiger partial charge in [0.25, 0.3) is 5.69 Å². The lowest BCUT2D eigenvalue weighted by Crippen LogP contribution is -2.42. The van der Waals surface area contributed by atoms with E-state index in [4.69, 9.17) is 10.5 Å². The third-order valence-corrected chi connectivity index (χ3v) is 5.33. The molecule has 10 heteroatoms. The van der Waals surface area contributed by atoms with Crippen molar-refractivity contribution < 1.29 is 14.5 Å². The molecule has 0 fully saturated rings. The second-order valence-corrected chi connectivity index (χ2v) is 6.79. The maximum atomic E-state index is 13.4. The number of nitrogens with zero attached hydrogens (tertiary/aromatic N) is 3. The largest absolute Gasteiger partial charge is 0.420 e. The highest BCUT2D eigenvalue weighted by atomic mass is 16.6. The van der Waals surface area contributed by atoms with Crippen LogP contribution in [-0.4, -0.2) is 21.0 Å². The van der Waals surface area contributed by atoms with Crippen molar-refractivity contribution in [2.75, 3.05) is 5.32 Å². The molecule has 0 aliphatic carbocycles. The maximum Gasteiger partial charge on any atom is 0.269 e. The Labute approximate surface area is 168 Å². The van der Waals surface area contributed by atoms with E-state index in [-0.39, 0.29) is 23.0 Å². The van der Waals surface area contributed by atoms with E-state index in [9.17, 15) is 20.2 Å². The topological polar surface area (TPSA) is 160 Å². The van der Waals surface area contributed by atoms with Gasteiger partial charge in [0.05, 0.1) is 16.2 Å². The molecule has 30 heavy (non-hydrogen) atoms. The summed E-state index contributed by atoms with van der Waals surface area (Å²) in [6.07, 6.45) is 0. The molecule has 4 N–H and O–H groups in total. The average molecular weight is 400 g/mol. The zero-order valence-electron chi connectivity index (χ0n) is 15.2. The van der Waals surface area contributed by atoms with Crippen molar-refractivity contribution in [3.05, 3.63) is 81.2 Å². The van der Waals surface area contributed by atoms with E-state index in [1.54, 1.807) is 24.3 Å². The summed E-state index contributed by atoms with van der Waals surface area (Å²) in [5.74, 6) is -0.609. The number of anilines is 1. The number of nitro benzene ring substituents is 1. The molecule has 0 bridgehead atoms. The van der Waals surface area contributed by atoms with Gasteiger partial charge in [0.1, 0.15) is 17.1 Å². The summed E-state index contributed by atoms with van der Waals surface area (Å²) in [6.45, 7) is 0. The van der Waals surface area contributed by atoms with E-state index in [1.165, 1.54) is 24.3 Å². The molecule has 1 amide bonds. The summed E-state index contributed by atoms with van der Waals surface area (Å²) in [5.41, 5.74) is 6.66. The average Bonchev–Trinajstić information content (AvgIpc) is 3.28. The second-order valence-electron chi connectivity index (χ2n) is 6.79. The van der Waals surface area contributed by atoms with Crippen molar-refractivity contribution in [2.45, 2.75) is 5.41 Å². The third-order valence-electron chi connectivity index (χ3n) is 5.33. The van der Waals surface area contributed by atoms with E-state index < -0.39 is 16.2 Å². The van der Waals surface area contributed by atoms with E-state index in [1.807, 2.05) is 6.07 Å². The second kappa shape index (κ2) is 5.92. The zero-order chi connectivity index (χ0) is 21.0. The minimum absolute atomic E-state index is 0.0537. The number of carbonyl (C=O) groups excluding carboxylic acids is 1. The Morgan fingerprint density at radius 3 is 2.63 bits per heavy atom. The Morgan fingerprint density at radius 1 is 1.20 bits per heavy atom. The van der Waals surface area contributed by atoms with Crippen LogP contribution in [0.25, 0.3) is 11.3 Å². The standard InChI is InChI=1S/C20H12N6O4/c21-9-13-17(22)30-18-15(20(13)12-3-1-2-4-14(12)23-19(20)27)16(24-25-18)10-5-7-11(8-6-10)26(28)29/h1-8H,22H2,(H,23,27)(H,24,25). The van der Waals surface area contributed by atoms with Crippen molar-refractivity contribution in [2.24, 2.45) is 5.73 Å². The summed E-state index contributed by atoms with van der Waals surface area (Å²) in [5, 5.41) is 30.7. The van der Waals surface area contributed by atoms with Crippen molar-refractivity contribution in [3.8, 4) is 23.2 Å². The van der Waals surface area contributed by atoms with Gasteiger partial charge in [-0.05, 0) is 18.2 Å². The molecule has 146 valence electrons. The van der Waals surface area contributed by atoms with Crippen LogP contribution in [-0.2, 0) is 10.2 Å². The number of ether oxygens (including phenoxy) is 1. The molecule has 0 radical (unpaired) electrons. The summed E-state index contributed by atoms with van der Waals surface area (Å²) in [6, 6.07) is 14.8. The van der Waals surface area contributed by atoms with Crippen LogP contribution in [0.4, 0.5) is 11.4 Å². The number of hydrogen-bond donors (Lipinski definition) is 3. The van der Waals surface area contributed by atoms with Crippen LogP contribution >= 0.6 is 0 Å². The molecule has 3 aromatic rings. The molecule has 0 saturated heterocycles. The molecule has 2 aromatic carbocycles. The number of amides is 1. The first-order valence-corrected chi connectivity index (χ1v) is 8.81. The molecular formula is C20H12N6O4. The predicted molar refractivity (Wildman–Crippen MR) is 104 cm³/mol. The molecular weight excluding hydrogens is 388 g/mol. The number of non-ortho nitro benzene ring substituents is 1. The molecule has 0 saturated carbocycles. The van der Waals surface area contributed by atoms with Gasteiger partial charge in [-0.2, -0.15) is 5.26 Å². The Balaban J connectivity index is 1.83. The lowest BCUT2D eigenvalue weighted by Gasteiger charge is -2.31. The molecule has 5 rings (SSSR count). The molecule has 1 unspecified atom stereocenters. The molecule has 1 atom stereocenters. The highest BCUT2D eigenvalue weighted by Gasteiger charge is 2.58. The number of H-pyrrole nitrogens is 1. The summed E-state index contributed by atoms with van der Waals surface area (Å²) < 4.78 is 5.55. The van der Waals surface area contributed by atoms with Gasteiger partial charge >= 0.3 is 0 Å². The van der Waals surface area contributed by atoms with Gasteiger partial charge in [0.2, 0.25) is 17.7 Å². The summed E-state index contributed by atoms with van der Waals surface area (Å²) in [7, 11) is 0. The van der Waals surface area contributed by atoms with Crippen LogP contribution in [0, 0.1) is 21.4 Å². The Bertz CT molecular complexity index is 1320. The molecule has 10 nitrogen and oxygen atoms in total. The number of nitriles is 1. The minimum Gasteiger partial charge on any atom is -0.420 e. The van der Waals surface area contributed by atoms with E-state index in [0.717, 1.165) is 0 Å². The highest BCUT2D eigenvalue weighted by Crippen LogP contribution is 2.55. The molecule has 3 heterocycles. The number of para-hydroxylation sites is 1. The van der Waals surface area contributed by atoms with Gasteiger partial charge in [-0.15, -0.1) is 5.10 Å². The number of hydrogen-bond acceptors (Lipinski definition) is 7. The number of nitrogens with two attached hydrogens (primary N) is 1. The molecule has 1 aromatic heterocycles. The SMILES string of the molecule is N#CC1=C(N)Oc2n[nH]c(-c3ccc([N+](=O)[O-])cc3)c2C12C(=O)Nc1ccccc12. The Hall–Kier alpha value is -4.65. The quantitative estimate of drug-likeness (QED) is 0.439. The van der Waals surface area contributed by atoms with Crippen molar-refractivity contribution in [1.29, 1.82) is 5.26 Å². The van der Waals surface area contributed by atoms with Crippen molar-refractivity contribution in [3.63, 3.8) is 0 Å². The van der Waals surface area contributed by atoms with Gasteiger partial charge in [-0.3, -0.25) is 20.0 Å². The Kier molecular flexibility index (Phi) is 3.44. The number of aromatic amines is 1. The predicted octanol–water partition coefficient (Wildman–Crippen LogP) is 2.31. The first-order valence-electron chi connectivity index (χ1n) is 8.81. The lowest BCUT2D eigenvalue weighted by atomic mass is 9.68. The van der Waals surface area contributed by atoms with Gasteiger partial charge in [-0.1, -0.05) is 18.2 Å². The van der Waals surface area contributed by atoms with E-state index in [2.05, 4.69) is 15.5 Å². The van der Waals surface area contributed by atoms with Crippen LogP contribution in [0.15, 0.2) is 60.0 Å². The van der Waals surface area contributed by atoms with Gasteiger partial charge < -0.3 is 15.8 Å². The summed E-state index contributed by atoms with van der Waals surface area (Å²) in [4.78, 5) is 23.9. The Morgan fingerprint density at radius 2 is 1.93 bits per heavy atom. The van der Waals surface area contributed by atoms with Crippen molar-refractivity contribution in [1.82, 2.24) is 10.2 Å².